The van der Waals surface area contributed by atoms with E-state index >= 15 is 0 Å². The number of benzene rings is 1. The maximum Gasteiger partial charge on any atom is 0.238 e. The van der Waals surface area contributed by atoms with Crippen LogP contribution in [0.3, 0.4) is 0 Å². The fraction of sp³-hybridized carbons (Fsp3) is 0.556. The van der Waals surface area contributed by atoms with Crippen LogP contribution in [0.15, 0.2) is 18.2 Å². The lowest BCUT2D eigenvalue weighted by Crippen LogP contribution is -2.58. The highest BCUT2D eigenvalue weighted by molar-refractivity contribution is 6.44. The fourth-order valence-corrected chi connectivity index (χ4v) is 4.45. The van der Waals surface area contributed by atoms with E-state index in [0.29, 0.717) is 34.4 Å². The number of carbonyl (C=O) groups excluding carboxylic acids is 2. The Morgan fingerprint density at radius 2 is 1.88 bits per heavy atom. The quantitative estimate of drug-likeness (QED) is 0.836. The van der Waals surface area contributed by atoms with Crippen LogP contribution in [0.25, 0.3) is 0 Å². The molecule has 0 saturated carbocycles. The molecule has 3 rings (SSSR count). The highest BCUT2D eigenvalue weighted by atomic mass is 35.5. The van der Waals surface area contributed by atoms with E-state index in [2.05, 4.69) is 15.5 Å². The number of anilines is 1. The Kier molecular flexibility index (Phi) is 5.87. The Hall–Kier alpha value is -1.30. The first-order chi connectivity index (χ1) is 11.9. The van der Waals surface area contributed by atoms with Gasteiger partial charge in [0.25, 0.3) is 0 Å². The van der Waals surface area contributed by atoms with Gasteiger partial charge in [-0.3, -0.25) is 14.5 Å². The first-order valence-corrected chi connectivity index (χ1v) is 9.46. The van der Waals surface area contributed by atoms with Crippen LogP contribution >= 0.6 is 23.2 Å². The molecule has 0 aromatic heterocycles. The van der Waals surface area contributed by atoms with Gasteiger partial charge in [0.05, 0.1) is 22.3 Å². The molecule has 2 bridgehead atoms. The molecule has 2 fully saturated rings. The lowest BCUT2D eigenvalue weighted by atomic mass is 9.81. The molecule has 7 heteroatoms. The minimum absolute atomic E-state index is 0.0184. The lowest BCUT2D eigenvalue weighted by molar-refractivity contribution is -0.123. The maximum atomic E-state index is 12.5. The van der Waals surface area contributed by atoms with Crippen molar-refractivity contribution in [1.82, 2.24) is 10.2 Å². The number of rotatable bonds is 4. The normalized spacial score (nSPS) is 26.1. The zero-order valence-electron chi connectivity index (χ0n) is 14.2. The zero-order valence-corrected chi connectivity index (χ0v) is 15.7. The third kappa shape index (κ3) is 4.46. The smallest absolute Gasteiger partial charge is 0.238 e. The number of piperidine rings is 2. The van der Waals surface area contributed by atoms with E-state index in [0.717, 1.165) is 25.7 Å². The molecule has 25 heavy (non-hydrogen) atoms. The first-order valence-electron chi connectivity index (χ1n) is 8.70. The number of fused-ring (bicyclic) bond motifs is 2. The summed E-state index contributed by atoms with van der Waals surface area (Å²) in [5.74, 6) is -0.0658. The molecule has 0 spiro atoms. The molecule has 0 aliphatic carbocycles. The van der Waals surface area contributed by atoms with Gasteiger partial charge in [-0.15, -0.1) is 0 Å². The van der Waals surface area contributed by atoms with Crippen LogP contribution in [0, 0.1) is 0 Å². The number of carbonyl (C=O) groups is 2. The Morgan fingerprint density at radius 1 is 1.20 bits per heavy atom. The van der Waals surface area contributed by atoms with Gasteiger partial charge in [0.1, 0.15) is 0 Å². The van der Waals surface area contributed by atoms with Gasteiger partial charge >= 0.3 is 0 Å². The van der Waals surface area contributed by atoms with E-state index < -0.39 is 0 Å². The fourth-order valence-electron chi connectivity index (χ4n) is 4.10. The second kappa shape index (κ2) is 7.94. The molecule has 1 unspecified atom stereocenters. The summed E-state index contributed by atoms with van der Waals surface area (Å²) in [5.41, 5.74) is 0.539. The monoisotopic (exact) mass is 383 g/mol. The minimum Gasteiger partial charge on any atom is -0.353 e. The van der Waals surface area contributed by atoms with Gasteiger partial charge in [-0.1, -0.05) is 35.7 Å². The molecule has 0 radical (unpaired) electrons. The van der Waals surface area contributed by atoms with E-state index in [9.17, 15) is 9.59 Å². The summed E-state index contributed by atoms with van der Waals surface area (Å²) in [6, 6.07) is 6.09. The Labute approximate surface area is 158 Å². The largest absolute Gasteiger partial charge is 0.353 e. The number of nitrogens with one attached hydrogen (secondary N) is 2. The minimum atomic E-state index is -0.0842. The highest BCUT2D eigenvalue weighted by Gasteiger charge is 2.39. The summed E-state index contributed by atoms with van der Waals surface area (Å²) in [5, 5.41) is 6.69. The second-order valence-electron chi connectivity index (χ2n) is 6.93. The average molecular weight is 384 g/mol. The van der Waals surface area contributed by atoms with Crippen molar-refractivity contribution in [3.8, 4) is 0 Å². The van der Waals surface area contributed by atoms with E-state index in [1.807, 2.05) is 0 Å². The van der Waals surface area contributed by atoms with Crippen LogP contribution in [0.1, 0.15) is 39.0 Å². The van der Waals surface area contributed by atoms with E-state index in [1.54, 1.807) is 25.1 Å². The average Bonchev–Trinajstić information content (AvgIpc) is 2.52. The molecule has 1 aromatic rings. The third-order valence-corrected chi connectivity index (χ3v) is 5.90. The van der Waals surface area contributed by atoms with Gasteiger partial charge in [-0.25, -0.2) is 0 Å². The summed E-state index contributed by atoms with van der Waals surface area (Å²) in [6.07, 6.45) is 5.12. The van der Waals surface area contributed by atoms with Crippen molar-refractivity contribution in [2.24, 2.45) is 0 Å². The predicted molar refractivity (Wildman–Crippen MR) is 100 cm³/mol. The zero-order chi connectivity index (χ0) is 18.0. The van der Waals surface area contributed by atoms with Crippen LogP contribution in [0.5, 0.6) is 0 Å². The molecule has 1 aromatic carbocycles. The van der Waals surface area contributed by atoms with Crippen LogP contribution in [0.4, 0.5) is 5.69 Å². The summed E-state index contributed by atoms with van der Waals surface area (Å²) >= 11 is 12.1. The van der Waals surface area contributed by atoms with Crippen LogP contribution in [0.2, 0.25) is 10.0 Å². The topological polar surface area (TPSA) is 61.4 Å². The van der Waals surface area contributed by atoms with Crippen molar-refractivity contribution in [2.75, 3.05) is 11.9 Å². The van der Waals surface area contributed by atoms with Crippen LogP contribution < -0.4 is 10.6 Å². The summed E-state index contributed by atoms with van der Waals surface area (Å²) in [6.45, 7) is 1.90. The Bertz CT molecular complexity index is 654. The molecule has 2 aliphatic heterocycles. The van der Waals surface area contributed by atoms with Gasteiger partial charge in [0, 0.05) is 25.0 Å². The molecule has 136 valence electrons. The van der Waals surface area contributed by atoms with Crippen molar-refractivity contribution in [1.29, 1.82) is 0 Å². The summed E-state index contributed by atoms with van der Waals surface area (Å²) in [4.78, 5) is 26.1. The summed E-state index contributed by atoms with van der Waals surface area (Å²) < 4.78 is 0. The highest BCUT2D eigenvalue weighted by Crippen LogP contribution is 2.34. The molecule has 2 amide bonds. The molecular weight excluding hydrogens is 361 g/mol. The second-order valence-corrected chi connectivity index (χ2v) is 7.71. The van der Waals surface area contributed by atoms with Crippen molar-refractivity contribution in [3.05, 3.63) is 28.2 Å². The SMILES string of the molecule is CC(=O)NC1C[C@H]2CCC[C@@H](C1)N2CC(=O)Nc1cccc(Cl)c1Cl. The molecular formula is C18H23Cl2N3O2. The van der Waals surface area contributed by atoms with Crippen molar-refractivity contribution < 1.29 is 9.59 Å². The maximum absolute atomic E-state index is 12.5. The van der Waals surface area contributed by atoms with Crippen LogP contribution in [-0.2, 0) is 9.59 Å². The van der Waals surface area contributed by atoms with Crippen molar-refractivity contribution in [3.63, 3.8) is 0 Å². The lowest BCUT2D eigenvalue weighted by Gasteiger charge is -2.48. The predicted octanol–water partition coefficient (Wildman–Crippen LogP) is 3.45. The van der Waals surface area contributed by atoms with E-state index in [-0.39, 0.29) is 17.9 Å². The number of hydrogen-bond donors (Lipinski definition) is 2. The number of halogens is 2. The van der Waals surface area contributed by atoms with Gasteiger partial charge in [0.2, 0.25) is 11.8 Å². The van der Waals surface area contributed by atoms with Gasteiger partial charge < -0.3 is 10.6 Å². The van der Waals surface area contributed by atoms with E-state index in [4.69, 9.17) is 23.2 Å². The van der Waals surface area contributed by atoms with Crippen LogP contribution in [-0.4, -0.2) is 41.4 Å². The molecule has 3 atom stereocenters. The molecule has 2 N–H and O–H groups in total. The Morgan fingerprint density at radius 3 is 2.52 bits per heavy atom. The molecule has 5 nitrogen and oxygen atoms in total. The van der Waals surface area contributed by atoms with Gasteiger partial charge in [-0.05, 0) is 37.8 Å². The van der Waals surface area contributed by atoms with Gasteiger partial charge in [0.15, 0.2) is 0 Å². The van der Waals surface area contributed by atoms with Crippen molar-refractivity contribution >= 4 is 40.7 Å². The summed E-state index contributed by atoms with van der Waals surface area (Å²) in [7, 11) is 0. The molecule has 2 aliphatic rings. The number of hydrogen-bond acceptors (Lipinski definition) is 3. The third-order valence-electron chi connectivity index (χ3n) is 5.09. The van der Waals surface area contributed by atoms with Crippen molar-refractivity contribution in [2.45, 2.75) is 57.2 Å². The van der Waals surface area contributed by atoms with Gasteiger partial charge in [-0.2, -0.15) is 0 Å². The Balaban J connectivity index is 1.63. The van der Waals surface area contributed by atoms with E-state index in [1.165, 1.54) is 6.42 Å². The number of nitrogens with zero attached hydrogens (tertiary/aromatic N) is 1. The number of amides is 2. The molecule has 2 saturated heterocycles. The molecule has 2 heterocycles. The first kappa shape index (κ1) is 18.5. The standard InChI is InChI=1S/C18H23Cl2N3O2/c1-11(24)21-12-8-13-4-2-5-14(9-12)23(13)10-17(25)22-16-7-3-6-15(19)18(16)20/h3,6-7,12-14H,2,4-5,8-10H2,1H3,(H,21,24)(H,22,25)/t12?,13-,14+.